The first-order valence-electron chi connectivity index (χ1n) is 11.7. The fourth-order valence-corrected chi connectivity index (χ4v) is 5.24. The quantitative estimate of drug-likeness (QED) is 0.185. The highest BCUT2D eigenvalue weighted by molar-refractivity contribution is 7.22. The van der Waals surface area contributed by atoms with E-state index in [9.17, 15) is 18.0 Å². The number of anilines is 3. The minimum absolute atomic E-state index is 0.00490. The summed E-state index contributed by atoms with van der Waals surface area (Å²) in [6.07, 6.45) is -2.58. The third-order valence-electron chi connectivity index (χ3n) is 5.81. The van der Waals surface area contributed by atoms with Crippen molar-refractivity contribution in [2.24, 2.45) is 0 Å². The van der Waals surface area contributed by atoms with Gasteiger partial charge in [-0.3, -0.25) is 0 Å². The number of nitrogens with two attached hydrogens (primary N) is 1. The van der Waals surface area contributed by atoms with Crippen LogP contribution in [-0.2, 0) is 12.7 Å². The monoisotopic (exact) mass is 588 g/mol. The maximum absolute atomic E-state index is 13.1. The molecule has 40 heavy (non-hydrogen) atoms. The number of nitrogens with one attached hydrogen (secondary N) is 2. The highest BCUT2D eigenvalue weighted by Gasteiger charge is 2.33. The average Bonchev–Trinajstić information content (AvgIpc) is 3.55. The molecule has 5 aromatic rings. The highest BCUT2D eigenvalue weighted by Crippen LogP contribution is 2.39. The molecule has 0 radical (unpaired) electrons. The van der Waals surface area contributed by atoms with Crippen molar-refractivity contribution >= 4 is 56.2 Å². The second-order valence-electron chi connectivity index (χ2n) is 8.59. The van der Waals surface area contributed by atoms with Crippen LogP contribution in [0.2, 0.25) is 5.02 Å². The Bertz CT molecular complexity index is 1710. The van der Waals surface area contributed by atoms with Crippen LogP contribution in [-0.4, -0.2) is 42.9 Å². The number of nitrogen functional groups attached to an aromatic ring is 1. The normalized spacial score (nSPS) is 11.6. The summed E-state index contributed by atoms with van der Waals surface area (Å²) in [6.45, 7) is 0.442. The predicted octanol–water partition coefficient (Wildman–Crippen LogP) is 5.90. The Hall–Kier alpha value is -4.27. The zero-order chi connectivity index (χ0) is 28.4. The Morgan fingerprint density at radius 2 is 1.85 bits per heavy atom. The van der Waals surface area contributed by atoms with Gasteiger partial charge in [-0.2, -0.15) is 13.2 Å². The third kappa shape index (κ3) is 5.83. The Balaban J connectivity index is 1.36. The smallest absolute Gasteiger partial charge is 0.396 e. The molecule has 0 saturated carbocycles. The van der Waals surface area contributed by atoms with Crippen LogP contribution in [0.1, 0.15) is 12.0 Å². The summed E-state index contributed by atoms with van der Waals surface area (Å²) in [6, 6.07) is 11.4. The molecular formula is C25H20ClF3N8O2S. The van der Waals surface area contributed by atoms with E-state index in [1.54, 1.807) is 23.0 Å². The molecule has 0 bridgehead atoms. The number of pyridine rings is 1. The molecule has 3 heterocycles. The second kappa shape index (κ2) is 11.1. The van der Waals surface area contributed by atoms with Gasteiger partial charge in [0, 0.05) is 51.4 Å². The molecule has 2 aromatic carbocycles. The van der Waals surface area contributed by atoms with E-state index >= 15 is 0 Å². The molecule has 0 aliphatic rings. The lowest BCUT2D eigenvalue weighted by Crippen LogP contribution is -2.19. The molecule has 206 valence electrons. The largest absolute Gasteiger partial charge is 0.417 e. The van der Waals surface area contributed by atoms with Crippen LogP contribution >= 0.6 is 22.9 Å². The van der Waals surface area contributed by atoms with Gasteiger partial charge in [-0.05, 0) is 70.8 Å². The number of carbonyl (C=O) groups excluding carboxylic acids is 1. The lowest BCUT2D eigenvalue weighted by Gasteiger charge is -2.12. The number of urea groups is 1. The molecule has 10 nitrogen and oxygen atoms in total. The number of tetrazole rings is 1. The number of aromatic nitrogens is 5. The van der Waals surface area contributed by atoms with Crippen LogP contribution in [0, 0.1) is 0 Å². The summed E-state index contributed by atoms with van der Waals surface area (Å²) >= 11 is 7.11. The fraction of sp³-hybridized carbons (Fsp3) is 0.160. The summed E-state index contributed by atoms with van der Waals surface area (Å²) in [5, 5.41) is 26.2. The lowest BCUT2D eigenvalue weighted by atomic mass is 10.1. The van der Waals surface area contributed by atoms with Crippen LogP contribution in [0.3, 0.4) is 0 Å². The molecule has 0 aliphatic carbocycles. The average molecular weight is 589 g/mol. The molecule has 0 atom stereocenters. The van der Waals surface area contributed by atoms with Crippen molar-refractivity contribution in [3.05, 3.63) is 65.3 Å². The number of halogens is 4. The van der Waals surface area contributed by atoms with Gasteiger partial charge in [0.15, 0.2) is 5.82 Å². The van der Waals surface area contributed by atoms with Gasteiger partial charge in [0.05, 0.1) is 10.6 Å². The summed E-state index contributed by atoms with van der Waals surface area (Å²) < 4.78 is 41.9. The Morgan fingerprint density at radius 1 is 1.10 bits per heavy atom. The van der Waals surface area contributed by atoms with E-state index in [0.29, 0.717) is 41.4 Å². The number of rotatable bonds is 7. The number of hydrogen-bond donors (Lipinski definition) is 4. The Labute approximate surface area is 233 Å². The second-order valence-corrected chi connectivity index (χ2v) is 10.1. The van der Waals surface area contributed by atoms with Gasteiger partial charge < -0.3 is 21.5 Å². The van der Waals surface area contributed by atoms with Gasteiger partial charge in [0.2, 0.25) is 0 Å². The molecule has 0 saturated heterocycles. The summed E-state index contributed by atoms with van der Waals surface area (Å²) in [7, 11) is 0. The number of aliphatic hydroxyl groups is 1. The Morgan fingerprint density at radius 3 is 2.60 bits per heavy atom. The zero-order valence-electron chi connectivity index (χ0n) is 20.4. The lowest BCUT2D eigenvalue weighted by molar-refractivity contribution is -0.137. The number of aliphatic hydroxyl groups excluding tert-OH is 1. The van der Waals surface area contributed by atoms with Gasteiger partial charge in [0.25, 0.3) is 0 Å². The minimum atomic E-state index is -4.65. The number of aryl methyl sites for hydroxylation is 1. The molecule has 3 aromatic heterocycles. The number of fused-ring (bicyclic) bond motifs is 1. The molecule has 5 rings (SSSR count). The van der Waals surface area contributed by atoms with Crippen molar-refractivity contribution in [2.75, 3.05) is 23.0 Å². The molecule has 0 spiro atoms. The van der Waals surface area contributed by atoms with Gasteiger partial charge >= 0.3 is 12.2 Å². The number of alkyl halides is 3. The van der Waals surface area contributed by atoms with Crippen LogP contribution in [0.4, 0.5) is 35.2 Å². The van der Waals surface area contributed by atoms with Crippen molar-refractivity contribution in [3.63, 3.8) is 0 Å². The SMILES string of the molecule is Nc1ncc(-c2nnnn2CCCO)cc1-c1cc2cc(NC(=O)Nc3ccc(Cl)c(C(F)(F)F)c3)ccc2s1. The van der Waals surface area contributed by atoms with Gasteiger partial charge in [-0.25, -0.2) is 14.5 Å². The van der Waals surface area contributed by atoms with Gasteiger partial charge in [0.1, 0.15) is 5.82 Å². The van der Waals surface area contributed by atoms with Crippen molar-refractivity contribution in [1.29, 1.82) is 0 Å². The van der Waals surface area contributed by atoms with E-state index in [1.807, 2.05) is 18.2 Å². The van der Waals surface area contributed by atoms with E-state index < -0.39 is 22.8 Å². The van der Waals surface area contributed by atoms with Crippen molar-refractivity contribution in [1.82, 2.24) is 25.2 Å². The minimum Gasteiger partial charge on any atom is -0.396 e. The molecule has 0 fully saturated rings. The first-order chi connectivity index (χ1) is 19.1. The summed E-state index contributed by atoms with van der Waals surface area (Å²) in [4.78, 5) is 17.6. The van der Waals surface area contributed by atoms with Crippen LogP contribution in [0.5, 0.6) is 0 Å². The Kier molecular flexibility index (Phi) is 7.56. The molecule has 5 N–H and O–H groups in total. The van der Waals surface area contributed by atoms with Crippen molar-refractivity contribution in [2.45, 2.75) is 19.1 Å². The van der Waals surface area contributed by atoms with E-state index in [2.05, 4.69) is 31.1 Å². The number of nitrogens with zero attached hydrogens (tertiary/aromatic N) is 5. The summed E-state index contributed by atoms with van der Waals surface area (Å²) in [5.41, 5.74) is 6.85. The first-order valence-corrected chi connectivity index (χ1v) is 12.9. The van der Waals surface area contributed by atoms with Crippen LogP contribution < -0.4 is 16.4 Å². The van der Waals surface area contributed by atoms with E-state index in [0.717, 1.165) is 27.1 Å². The molecule has 0 unspecified atom stereocenters. The van der Waals surface area contributed by atoms with Crippen molar-refractivity contribution in [3.8, 4) is 21.8 Å². The zero-order valence-corrected chi connectivity index (χ0v) is 22.0. The predicted molar refractivity (Wildman–Crippen MR) is 147 cm³/mol. The van der Waals surface area contributed by atoms with Gasteiger partial charge in [-0.15, -0.1) is 16.4 Å². The number of thiophene rings is 1. The maximum atomic E-state index is 13.1. The number of amides is 2. The highest BCUT2D eigenvalue weighted by atomic mass is 35.5. The van der Waals surface area contributed by atoms with Gasteiger partial charge in [-0.1, -0.05) is 11.6 Å². The third-order valence-corrected chi connectivity index (χ3v) is 7.28. The molecule has 2 amide bonds. The fourth-order valence-electron chi connectivity index (χ4n) is 3.95. The van der Waals surface area contributed by atoms with E-state index in [-0.39, 0.29) is 12.3 Å². The maximum Gasteiger partial charge on any atom is 0.417 e. The molecule has 0 aliphatic heterocycles. The van der Waals surface area contributed by atoms with Crippen LogP contribution in [0.25, 0.3) is 31.9 Å². The number of benzene rings is 2. The van der Waals surface area contributed by atoms with E-state index in [4.69, 9.17) is 22.4 Å². The standard InChI is InChI=1S/C25H20ClF3N8O2S/c26-19-4-2-16(11-18(19)25(27,28)29)33-24(39)32-15-3-5-20-13(8-15)10-21(40-20)17-9-14(12-31-22(17)30)23-34-35-36-37(23)6-1-7-38/h2-5,8-12,38H,1,6-7H2,(H2,30,31)(H2,32,33,39). The summed E-state index contributed by atoms with van der Waals surface area (Å²) in [5.74, 6) is 0.799. The molecular weight excluding hydrogens is 569 g/mol. The van der Waals surface area contributed by atoms with Crippen LogP contribution in [0.15, 0.2) is 54.7 Å². The number of carbonyl (C=O) groups is 1. The first kappa shape index (κ1) is 27.3. The van der Waals surface area contributed by atoms with E-state index in [1.165, 1.54) is 17.4 Å². The topological polar surface area (TPSA) is 144 Å². The van der Waals surface area contributed by atoms with Crippen molar-refractivity contribution < 1.29 is 23.1 Å². The molecule has 15 heteroatoms. The number of hydrogen-bond acceptors (Lipinski definition) is 8.